The smallest absolute Gasteiger partial charge is 0.255 e. The van der Waals surface area contributed by atoms with Gasteiger partial charge in [-0.05, 0) is 60.7 Å². The van der Waals surface area contributed by atoms with Crippen molar-refractivity contribution in [3.8, 4) is 11.6 Å². The van der Waals surface area contributed by atoms with Gasteiger partial charge in [-0.25, -0.2) is 4.98 Å². The first-order valence-electron chi connectivity index (χ1n) is 14.6. The number of methoxy groups -OCH3 is 1. The van der Waals surface area contributed by atoms with Crippen LogP contribution in [-0.2, 0) is 9.53 Å². The summed E-state index contributed by atoms with van der Waals surface area (Å²) in [4.78, 5) is 36.8. The molecule has 0 radical (unpaired) electrons. The Hall–Kier alpha value is -5.52. The molecule has 45 heavy (non-hydrogen) atoms. The Kier molecular flexibility index (Phi) is 9.09. The summed E-state index contributed by atoms with van der Waals surface area (Å²) in [7, 11) is 1.65. The monoisotopic (exact) mass is 603 g/mol. The second kappa shape index (κ2) is 13.8. The highest BCUT2D eigenvalue weighted by atomic mass is 16.5. The molecule has 0 aliphatic carbocycles. The van der Waals surface area contributed by atoms with Gasteiger partial charge >= 0.3 is 0 Å². The molecule has 2 amide bonds. The zero-order valence-corrected chi connectivity index (χ0v) is 24.8. The molecule has 0 saturated carbocycles. The van der Waals surface area contributed by atoms with Gasteiger partial charge in [-0.2, -0.15) is 4.98 Å². The van der Waals surface area contributed by atoms with Gasteiger partial charge in [0.05, 0.1) is 25.8 Å². The summed E-state index contributed by atoms with van der Waals surface area (Å²) in [6.45, 7) is 3.81. The maximum atomic E-state index is 13.1. The lowest BCUT2D eigenvalue weighted by Gasteiger charge is -2.25. The Morgan fingerprint density at radius 2 is 1.71 bits per heavy atom. The summed E-state index contributed by atoms with van der Waals surface area (Å²) in [5, 5.41) is 9.96. The third-order valence-corrected chi connectivity index (χ3v) is 7.31. The molecule has 6 rings (SSSR count). The molecule has 0 unspecified atom stereocenters. The maximum absolute atomic E-state index is 13.1. The molecule has 3 aromatic carbocycles. The van der Waals surface area contributed by atoms with Crippen LogP contribution in [0.25, 0.3) is 16.7 Å². The molecule has 11 nitrogen and oxygen atoms in total. The number of carbonyl (C=O) groups excluding carboxylic acids is 2. The first kappa shape index (κ1) is 29.5. The van der Waals surface area contributed by atoms with Crippen molar-refractivity contribution in [2.75, 3.05) is 55.9 Å². The van der Waals surface area contributed by atoms with Crippen LogP contribution in [0, 0.1) is 0 Å². The van der Waals surface area contributed by atoms with E-state index in [4.69, 9.17) is 14.5 Å². The summed E-state index contributed by atoms with van der Waals surface area (Å²) >= 11 is 0. The van der Waals surface area contributed by atoms with Crippen LogP contribution in [0.2, 0.25) is 0 Å². The van der Waals surface area contributed by atoms with E-state index >= 15 is 0 Å². The topological polar surface area (TPSA) is 123 Å². The molecule has 3 heterocycles. The number of hydrogen-bond donors (Lipinski definition) is 3. The summed E-state index contributed by atoms with van der Waals surface area (Å²) in [6.07, 6.45) is 6.98. The first-order valence-corrected chi connectivity index (χ1v) is 14.6. The number of nitrogens with one attached hydrogen (secondary N) is 3. The number of ether oxygens (including phenoxy) is 2. The standard InChI is InChI=1S/C34H33N7O4/c1-44-30-11-4-10-29-28(30)14-17-41(29)31-13-15-35-34(39-31)38-27-9-3-8-26(23-27)37-33(43)24-6-2-7-25(22-24)36-32(42)12-5-16-40-18-20-45-21-19-40/h2-15,17,22-23H,16,18-21H2,1H3,(H,36,42)(H,37,43)(H,35,38,39). The molecular formula is C34H33N7O4. The second-order valence-electron chi connectivity index (χ2n) is 10.4. The van der Waals surface area contributed by atoms with Gasteiger partial charge in [0.1, 0.15) is 11.6 Å². The molecule has 3 N–H and O–H groups in total. The first-order chi connectivity index (χ1) is 22.1. The summed E-state index contributed by atoms with van der Waals surface area (Å²) in [5.74, 6) is 1.33. The molecule has 1 aliphatic rings. The maximum Gasteiger partial charge on any atom is 0.255 e. The van der Waals surface area contributed by atoms with Crippen LogP contribution in [0.4, 0.5) is 23.0 Å². The molecule has 228 valence electrons. The average Bonchev–Trinajstić information content (AvgIpc) is 3.50. The number of carbonyl (C=O) groups is 2. The minimum Gasteiger partial charge on any atom is -0.496 e. The lowest BCUT2D eigenvalue weighted by Crippen LogP contribution is -2.36. The van der Waals surface area contributed by atoms with E-state index in [9.17, 15) is 9.59 Å². The lowest BCUT2D eigenvalue weighted by atomic mass is 10.1. The van der Waals surface area contributed by atoms with Gasteiger partial charge in [-0.3, -0.25) is 14.5 Å². The second-order valence-corrected chi connectivity index (χ2v) is 10.4. The van der Waals surface area contributed by atoms with E-state index in [0.717, 1.165) is 29.7 Å². The zero-order valence-electron chi connectivity index (χ0n) is 24.8. The van der Waals surface area contributed by atoms with E-state index in [0.29, 0.717) is 54.2 Å². The van der Waals surface area contributed by atoms with Crippen molar-refractivity contribution in [3.05, 3.63) is 109 Å². The van der Waals surface area contributed by atoms with Crippen molar-refractivity contribution in [3.63, 3.8) is 0 Å². The molecule has 0 atom stereocenters. The van der Waals surface area contributed by atoms with Crippen molar-refractivity contribution in [2.45, 2.75) is 0 Å². The molecule has 11 heteroatoms. The number of morpholine rings is 1. The van der Waals surface area contributed by atoms with Crippen LogP contribution in [0.3, 0.4) is 0 Å². The quantitative estimate of drug-likeness (QED) is 0.185. The van der Waals surface area contributed by atoms with E-state index in [1.54, 1.807) is 49.7 Å². The van der Waals surface area contributed by atoms with Crippen LogP contribution in [0.5, 0.6) is 5.75 Å². The van der Waals surface area contributed by atoms with Crippen molar-refractivity contribution in [1.82, 2.24) is 19.4 Å². The highest BCUT2D eigenvalue weighted by Crippen LogP contribution is 2.28. The zero-order chi connectivity index (χ0) is 31.0. The molecule has 1 fully saturated rings. The van der Waals surface area contributed by atoms with Crippen LogP contribution >= 0.6 is 0 Å². The Bertz CT molecular complexity index is 1850. The van der Waals surface area contributed by atoms with Gasteiger partial charge in [-0.15, -0.1) is 0 Å². The Balaban J connectivity index is 1.08. The van der Waals surface area contributed by atoms with E-state index in [1.807, 2.05) is 59.3 Å². The van der Waals surface area contributed by atoms with Crippen molar-refractivity contribution in [1.29, 1.82) is 0 Å². The van der Waals surface area contributed by atoms with Gasteiger partial charge < -0.3 is 30.0 Å². The predicted molar refractivity (Wildman–Crippen MR) is 175 cm³/mol. The molecular weight excluding hydrogens is 570 g/mol. The molecule has 0 spiro atoms. The minimum absolute atomic E-state index is 0.254. The number of rotatable bonds is 10. The van der Waals surface area contributed by atoms with E-state index in [2.05, 4.69) is 25.8 Å². The van der Waals surface area contributed by atoms with Gasteiger partial charge in [0.15, 0.2) is 0 Å². The fraction of sp³-hybridized carbons (Fsp3) is 0.176. The number of aromatic nitrogens is 3. The Morgan fingerprint density at radius 1 is 0.933 bits per heavy atom. The van der Waals surface area contributed by atoms with Gasteiger partial charge in [0, 0.05) is 66.1 Å². The number of fused-ring (bicyclic) bond motifs is 1. The normalized spacial score (nSPS) is 13.5. The SMILES string of the molecule is COc1cccc2c1ccn2-c1ccnc(Nc2cccc(NC(=O)c3cccc(NC(=O)C=CCN4CCOCC4)c3)c2)n1. The third-order valence-electron chi connectivity index (χ3n) is 7.31. The summed E-state index contributed by atoms with van der Waals surface area (Å²) in [6, 6.07) is 23.8. The molecule has 5 aromatic rings. The number of amides is 2. The van der Waals surface area contributed by atoms with E-state index in [1.165, 1.54) is 6.08 Å². The molecule has 2 aromatic heterocycles. The molecule has 1 aliphatic heterocycles. The van der Waals surface area contributed by atoms with E-state index in [-0.39, 0.29) is 11.8 Å². The fourth-order valence-electron chi connectivity index (χ4n) is 5.08. The Labute approximate surface area is 260 Å². The largest absolute Gasteiger partial charge is 0.496 e. The predicted octanol–water partition coefficient (Wildman–Crippen LogP) is 5.25. The van der Waals surface area contributed by atoms with Crippen LogP contribution < -0.4 is 20.7 Å². The van der Waals surface area contributed by atoms with Crippen LogP contribution in [0.15, 0.2) is 103 Å². The van der Waals surface area contributed by atoms with Crippen LogP contribution in [0.1, 0.15) is 10.4 Å². The van der Waals surface area contributed by atoms with Gasteiger partial charge in [0.2, 0.25) is 11.9 Å². The fourth-order valence-corrected chi connectivity index (χ4v) is 5.08. The highest BCUT2D eigenvalue weighted by Gasteiger charge is 2.12. The number of hydrogen-bond acceptors (Lipinski definition) is 8. The van der Waals surface area contributed by atoms with Gasteiger partial charge in [-0.1, -0.05) is 24.3 Å². The van der Waals surface area contributed by atoms with Crippen molar-refractivity contribution < 1.29 is 19.1 Å². The number of anilines is 4. The number of benzene rings is 3. The molecule has 0 bridgehead atoms. The number of nitrogens with zero attached hydrogens (tertiary/aromatic N) is 4. The summed E-state index contributed by atoms with van der Waals surface area (Å²) in [5.41, 5.74) is 3.20. The third kappa shape index (κ3) is 7.35. The highest BCUT2D eigenvalue weighted by molar-refractivity contribution is 6.06. The van der Waals surface area contributed by atoms with Gasteiger partial charge in [0.25, 0.3) is 5.91 Å². The van der Waals surface area contributed by atoms with Crippen molar-refractivity contribution in [2.24, 2.45) is 0 Å². The van der Waals surface area contributed by atoms with E-state index < -0.39 is 0 Å². The summed E-state index contributed by atoms with van der Waals surface area (Å²) < 4.78 is 12.8. The lowest BCUT2D eigenvalue weighted by molar-refractivity contribution is -0.111. The Morgan fingerprint density at radius 3 is 2.56 bits per heavy atom. The minimum atomic E-state index is -0.306. The molecule has 1 saturated heterocycles. The van der Waals surface area contributed by atoms with Crippen molar-refractivity contribution >= 4 is 45.7 Å². The average molecular weight is 604 g/mol. The van der Waals surface area contributed by atoms with Crippen LogP contribution in [-0.4, -0.2) is 71.2 Å².